The van der Waals surface area contributed by atoms with E-state index >= 15 is 0 Å². The first kappa shape index (κ1) is 20.2. The molecule has 2 N–H and O–H groups in total. The van der Waals surface area contributed by atoms with Crippen LogP contribution in [0.25, 0.3) is 11.1 Å². The third-order valence-corrected chi connectivity index (χ3v) is 6.37. The largest absolute Gasteiger partial charge is 0.443 e. The molecule has 1 unspecified atom stereocenters. The Bertz CT molecular complexity index is 929. The second-order valence-corrected chi connectivity index (χ2v) is 9.69. The number of hydrogen-bond donors (Lipinski definition) is 1. The zero-order valence-electron chi connectivity index (χ0n) is 17.4. The van der Waals surface area contributed by atoms with Gasteiger partial charge in [0, 0.05) is 10.4 Å². The van der Waals surface area contributed by atoms with Gasteiger partial charge in [-0.2, -0.15) is 0 Å². The summed E-state index contributed by atoms with van der Waals surface area (Å²) in [7, 11) is 0. The summed E-state index contributed by atoms with van der Waals surface area (Å²) in [5.74, 6) is 0. The summed E-state index contributed by atoms with van der Waals surface area (Å²) < 4.78 is 5.70. The molecule has 1 saturated carbocycles. The first-order valence-corrected chi connectivity index (χ1v) is 10.8. The Kier molecular flexibility index (Phi) is 5.12. The Hall–Kier alpha value is -2.04. The van der Waals surface area contributed by atoms with Crippen molar-refractivity contribution in [2.45, 2.75) is 70.1 Å². The Morgan fingerprint density at radius 2 is 1.79 bits per heavy atom. The van der Waals surface area contributed by atoms with Crippen LogP contribution in [0.1, 0.15) is 58.4 Å². The molecule has 2 aliphatic rings. The third kappa shape index (κ3) is 3.64. The van der Waals surface area contributed by atoms with Gasteiger partial charge in [0.25, 0.3) is 0 Å². The Balaban J connectivity index is 1.82. The normalized spacial score (nSPS) is 20.6. The molecule has 1 fully saturated rings. The summed E-state index contributed by atoms with van der Waals surface area (Å²) >= 11 is 6.21. The van der Waals surface area contributed by atoms with Gasteiger partial charge < -0.3 is 10.5 Å². The molecule has 154 valence electrons. The van der Waals surface area contributed by atoms with Gasteiger partial charge in [-0.1, -0.05) is 49.1 Å². The number of benzene rings is 2. The molecule has 5 heteroatoms. The molecule has 4 rings (SSSR count). The molecular formula is C24H29ClN2O2. The highest BCUT2D eigenvalue weighted by Crippen LogP contribution is 2.52. The maximum absolute atomic E-state index is 13.1. The van der Waals surface area contributed by atoms with Crippen LogP contribution >= 0.6 is 11.6 Å². The number of halogens is 1. The van der Waals surface area contributed by atoms with Crippen molar-refractivity contribution in [2.24, 2.45) is 5.73 Å². The lowest BCUT2D eigenvalue weighted by atomic mass is 9.68. The van der Waals surface area contributed by atoms with Crippen molar-refractivity contribution in [1.29, 1.82) is 0 Å². The molecule has 1 heterocycles. The fraction of sp³-hybridized carbons (Fsp3) is 0.458. The second-order valence-electron chi connectivity index (χ2n) is 9.25. The first-order valence-electron chi connectivity index (χ1n) is 10.4. The Morgan fingerprint density at radius 1 is 1.10 bits per heavy atom. The van der Waals surface area contributed by atoms with E-state index in [-0.39, 0.29) is 11.5 Å². The SMILES string of the molecule is CC(C)(C)OC(=O)N1c2ccc(-c3cccc(Cl)c3)cc2C2(CCCCC2)C1N. The molecule has 0 aromatic heterocycles. The highest BCUT2D eigenvalue weighted by atomic mass is 35.5. The van der Waals surface area contributed by atoms with Crippen LogP contribution in [0.5, 0.6) is 0 Å². The predicted molar refractivity (Wildman–Crippen MR) is 118 cm³/mol. The van der Waals surface area contributed by atoms with E-state index in [1.54, 1.807) is 4.90 Å². The number of hydrogen-bond acceptors (Lipinski definition) is 3. The molecule has 0 saturated heterocycles. The number of nitrogens with two attached hydrogens (primary N) is 1. The fourth-order valence-electron chi connectivity index (χ4n) is 4.82. The van der Waals surface area contributed by atoms with Gasteiger partial charge in [0.1, 0.15) is 5.60 Å². The fourth-order valence-corrected chi connectivity index (χ4v) is 5.01. The summed E-state index contributed by atoms with van der Waals surface area (Å²) in [6, 6.07) is 14.1. The lowest BCUT2D eigenvalue weighted by Crippen LogP contribution is -2.54. The molecule has 0 radical (unpaired) electrons. The van der Waals surface area contributed by atoms with E-state index in [2.05, 4.69) is 12.1 Å². The summed E-state index contributed by atoms with van der Waals surface area (Å²) in [6.07, 6.45) is 4.64. The molecule has 4 nitrogen and oxygen atoms in total. The molecule has 0 bridgehead atoms. The predicted octanol–water partition coefficient (Wildman–Crippen LogP) is 6.25. The molecule has 1 aliphatic heterocycles. The standard InChI is InChI=1S/C24H29ClN2O2/c1-23(2,3)29-22(28)27-20-11-10-17(16-8-7-9-18(25)14-16)15-19(20)24(21(27)26)12-5-4-6-13-24/h7-11,14-15,21H,4-6,12-13,26H2,1-3H3. The van der Waals surface area contributed by atoms with Gasteiger partial charge in [-0.05, 0) is 74.6 Å². The molecule has 2 aromatic carbocycles. The van der Waals surface area contributed by atoms with Crippen LogP contribution in [-0.4, -0.2) is 17.9 Å². The van der Waals surface area contributed by atoms with E-state index in [9.17, 15) is 4.79 Å². The average molecular weight is 413 g/mol. The van der Waals surface area contributed by atoms with Crippen LogP contribution in [-0.2, 0) is 10.2 Å². The number of anilines is 1. The highest BCUT2D eigenvalue weighted by molar-refractivity contribution is 6.30. The first-order chi connectivity index (χ1) is 13.7. The van der Waals surface area contributed by atoms with E-state index < -0.39 is 11.8 Å². The van der Waals surface area contributed by atoms with Crippen LogP contribution in [0.4, 0.5) is 10.5 Å². The van der Waals surface area contributed by atoms with E-state index in [4.69, 9.17) is 22.1 Å². The second kappa shape index (κ2) is 7.33. The highest BCUT2D eigenvalue weighted by Gasteiger charge is 2.52. The van der Waals surface area contributed by atoms with Crippen molar-refractivity contribution in [3.63, 3.8) is 0 Å². The van der Waals surface area contributed by atoms with Crippen molar-refractivity contribution in [2.75, 3.05) is 4.90 Å². The zero-order valence-corrected chi connectivity index (χ0v) is 18.1. The number of carbonyl (C=O) groups is 1. The minimum atomic E-state index is -0.569. The van der Waals surface area contributed by atoms with Crippen molar-refractivity contribution in [3.05, 3.63) is 53.1 Å². The minimum Gasteiger partial charge on any atom is -0.443 e. The van der Waals surface area contributed by atoms with Gasteiger partial charge in [0.2, 0.25) is 0 Å². The molecule has 1 amide bonds. The van der Waals surface area contributed by atoms with E-state index in [0.717, 1.165) is 48.1 Å². The monoisotopic (exact) mass is 412 g/mol. The minimum absolute atomic E-state index is 0.223. The van der Waals surface area contributed by atoms with Crippen molar-refractivity contribution in [1.82, 2.24) is 0 Å². The third-order valence-electron chi connectivity index (χ3n) is 6.13. The number of carbonyl (C=O) groups excluding carboxylic acids is 1. The number of fused-ring (bicyclic) bond motifs is 2. The Morgan fingerprint density at radius 3 is 2.45 bits per heavy atom. The van der Waals surface area contributed by atoms with Crippen molar-refractivity contribution < 1.29 is 9.53 Å². The quantitative estimate of drug-likeness (QED) is 0.602. The molecule has 1 atom stereocenters. The molecule has 1 spiro atoms. The maximum atomic E-state index is 13.1. The van der Waals surface area contributed by atoms with Crippen LogP contribution in [0.3, 0.4) is 0 Å². The summed E-state index contributed by atoms with van der Waals surface area (Å²) in [6.45, 7) is 5.64. The van der Waals surface area contributed by atoms with Crippen LogP contribution < -0.4 is 10.6 Å². The van der Waals surface area contributed by atoms with Gasteiger partial charge >= 0.3 is 6.09 Å². The van der Waals surface area contributed by atoms with Gasteiger partial charge in [0.15, 0.2) is 0 Å². The lowest BCUT2D eigenvalue weighted by Gasteiger charge is -2.39. The van der Waals surface area contributed by atoms with Gasteiger partial charge in [-0.25, -0.2) is 4.79 Å². The van der Waals surface area contributed by atoms with Crippen LogP contribution in [0, 0.1) is 0 Å². The lowest BCUT2D eigenvalue weighted by molar-refractivity contribution is 0.0552. The number of ether oxygens (including phenoxy) is 1. The molecule has 1 aliphatic carbocycles. The topological polar surface area (TPSA) is 55.6 Å². The smallest absolute Gasteiger partial charge is 0.416 e. The van der Waals surface area contributed by atoms with E-state index in [1.165, 1.54) is 6.42 Å². The Labute approximate surface area is 178 Å². The summed E-state index contributed by atoms with van der Waals surface area (Å²) in [5.41, 5.74) is 10.2. The van der Waals surface area contributed by atoms with Crippen LogP contribution in [0.2, 0.25) is 5.02 Å². The summed E-state index contributed by atoms with van der Waals surface area (Å²) in [5, 5.41) is 0.711. The number of amides is 1. The molecular weight excluding hydrogens is 384 g/mol. The van der Waals surface area contributed by atoms with E-state index in [1.807, 2.05) is 51.1 Å². The average Bonchev–Trinajstić information content (AvgIpc) is 2.89. The van der Waals surface area contributed by atoms with Gasteiger partial charge in [-0.3, -0.25) is 4.90 Å². The molecule has 29 heavy (non-hydrogen) atoms. The maximum Gasteiger partial charge on any atom is 0.416 e. The number of rotatable bonds is 1. The molecule has 2 aromatic rings. The van der Waals surface area contributed by atoms with E-state index in [0.29, 0.717) is 5.02 Å². The zero-order chi connectivity index (χ0) is 20.8. The number of nitrogens with zero attached hydrogens (tertiary/aromatic N) is 1. The summed E-state index contributed by atoms with van der Waals surface area (Å²) in [4.78, 5) is 14.7. The van der Waals surface area contributed by atoms with Crippen molar-refractivity contribution in [3.8, 4) is 11.1 Å². The van der Waals surface area contributed by atoms with Crippen LogP contribution in [0.15, 0.2) is 42.5 Å². The van der Waals surface area contributed by atoms with Gasteiger partial charge in [-0.15, -0.1) is 0 Å². The van der Waals surface area contributed by atoms with Gasteiger partial charge in [0.05, 0.1) is 11.9 Å². The van der Waals surface area contributed by atoms with Crippen molar-refractivity contribution >= 4 is 23.4 Å².